The molecule has 2 aromatic carbocycles. The van der Waals surface area contributed by atoms with Gasteiger partial charge in [0.05, 0.1) is 15.5 Å². The molecular formula is C19H23ClFN3O3S. The van der Waals surface area contributed by atoms with Gasteiger partial charge in [-0.3, -0.25) is 4.79 Å². The number of hydrogen-bond acceptors (Lipinski definition) is 5. The summed E-state index contributed by atoms with van der Waals surface area (Å²) in [5.41, 5.74) is 1.03. The number of hydrogen-bond donors (Lipinski definition) is 2. The number of sulfone groups is 1. The van der Waals surface area contributed by atoms with Crippen LogP contribution in [-0.4, -0.2) is 40.5 Å². The Bertz CT molecular complexity index is 945. The van der Waals surface area contributed by atoms with Crippen molar-refractivity contribution >= 4 is 39.5 Å². The number of carbonyl (C=O) groups is 1. The van der Waals surface area contributed by atoms with Crippen LogP contribution in [0.1, 0.15) is 13.3 Å². The monoisotopic (exact) mass is 427 g/mol. The van der Waals surface area contributed by atoms with Crippen LogP contribution in [0.4, 0.5) is 15.8 Å². The summed E-state index contributed by atoms with van der Waals surface area (Å²) in [7, 11) is -3.98. The largest absolute Gasteiger partial charge is 0.370 e. The predicted molar refractivity (Wildman–Crippen MR) is 110 cm³/mol. The normalized spacial score (nSPS) is 14.7. The minimum absolute atomic E-state index is 0. The van der Waals surface area contributed by atoms with Crippen LogP contribution in [0.5, 0.6) is 0 Å². The molecule has 0 radical (unpaired) electrons. The molecule has 0 bridgehead atoms. The van der Waals surface area contributed by atoms with Crippen LogP contribution in [0.25, 0.3) is 0 Å². The Kier molecular flexibility index (Phi) is 7.40. The molecule has 1 saturated heterocycles. The van der Waals surface area contributed by atoms with Gasteiger partial charge in [-0.2, -0.15) is 0 Å². The van der Waals surface area contributed by atoms with Gasteiger partial charge in [0.2, 0.25) is 15.7 Å². The molecule has 6 nitrogen and oxygen atoms in total. The quantitative estimate of drug-likeness (QED) is 0.784. The summed E-state index contributed by atoms with van der Waals surface area (Å²) in [5, 5.41) is 5.92. The Hall–Kier alpha value is -2.16. The van der Waals surface area contributed by atoms with Crippen LogP contribution in [0.15, 0.2) is 52.3 Å². The van der Waals surface area contributed by atoms with Gasteiger partial charge in [-0.05, 0) is 49.4 Å². The first-order valence-electron chi connectivity index (χ1n) is 8.76. The second-order valence-electron chi connectivity index (χ2n) is 6.41. The van der Waals surface area contributed by atoms with Gasteiger partial charge >= 0.3 is 0 Å². The highest BCUT2D eigenvalue weighted by atomic mass is 35.5. The Morgan fingerprint density at radius 1 is 1.14 bits per heavy atom. The molecule has 3 rings (SSSR count). The standard InChI is InChI=1S/C19H22FN3O3S.ClH/c1-14(24)22-18-13-16(23-10-3-8-21-9-11-23)6-7-19(18)27(25,26)17-5-2-4-15(20)12-17;/h2,4-7,12-13,21H,3,8-11H2,1H3,(H,22,24);1H. The molecule has 2 aromatic rings. The molecule has 0 atom stereocenters. The van der Waals surface area contributed by atoms with E-state index in [0.717, 1.165) is 44.4 Å². The van der Waals surface area contributed by atoms with Gasteiger partial charge in [0.25, 0.3) is 0 Å². The first-order valence-corrected chi connectivity index (χ1v) is 10.2. The number of nitrogens with zero attached hydrogens (tertiary/aromatic N) is 1. The lowest BCUT2D eigenvalue weighted by atomic mass is 10.2. The van der Waals surface area contributed by atoms with Gasteiger partial charge in [0.1, 0.15) is 5.82 Å². The molecule has 1 aliphatic rings. The smallest absolute Gasteiger partial charge is 0.221 e. The Labute approximate surface area is 170 Å². The number of benzene rings is 2. The molecule has 0 unspecified atom stereocenters. The maximum absolute atomic E-state index is 13.5. The highest BCUT2D eigenvalue weighted by Crippen LogP contribution is 2.32. The van der Waals surface area contributed by atoms with Crippen molar-refractivity contribution in [1.29, 1.82) is 0 Å². The SMILES string of the molecule is CC(=O)Nc1cc(N2CCCNCC2)ccc1S(=O)(=O)c1cccc(F)c1.Cl. The molecule has 1 aliphatic heterocycles. The first-order chi connectivity index (χ1) is 12.9. The molecule has 1 amide bonds. The molecule has 28 heavy (non-hydrogen) atoms. The zero-order valence-electron chi connectivity index (χ0n) is 15.4. The summed E-state index contributed by atoms with van der Waals surface area (Å²) in [6, 6.07) is 9.70. The predicted octanol–water partition coefficient (Wildman–Crippen LogP) is 2.84. The number of rotatable bonds is 4. The first kappa shape index (κ1) is 22.1. The van der Waals surface area contributed by atoms with Crippen molar-refractivity contribution in [2.24, 2.45) is 0 Å². The van der Waals surface area contributed by atoms with Crippen molar-refractivity contribution < 1.29 is 17.6 Å². The summed E-state index contributed by atoms with van der Waals surface area (Å²) in [6.07, 6.45) is 0.971. The zero-order chi connectivity index (χ0) is 19.4. The average Bonchev–Trinajstić information content (AvgIpc) is 2.90. The summed E-state index contributed by atoms with van der Waals surface area (Å²) in [4.78, 5) is 13.6. The van der Waals surface area contributed by atoms with Gasteiger partial charge in [0, 0.05) is 32.2 Å². The number of anilines is 2. The molecule has 0 aromatic heterocycles. The van der Waals surface area contributed by atoms with E-state index < -0.39 is 15.7 Å². The lowest BCUT2D eigenvalue weighted by molar-refractivity contribution is -0.114. The summed E-state index contributed by atoms with van der Waals surface area (Å²) < 4.78 is 39.5. The number of carbonyl (C=O) groups excluding carboxylic acids is 1. The molecule has 0 aliphatic carbocycles. The van der Waals surface area contributed by atoms with Crippen molar-refractivity contribution in [3.8, 4) is 0 Å². The van der Waals surface area contributed by atoms with E-state index in [9.17, 15) is 17.6 Å². The second kappa shape index (κ2) is 9.36. The minimum atomic E-state index is -3.98. The minimum Gasteiger partial charge on any atom is -0.370 e. The fraction of sp³-hybridized carbons (Fsp3) is 0.316. The average molecular weight is 428 g/mol. The van der Waals surface area contributed by atoms with Crippen molar-refractivity contribution in [2.75, 3.05) is 36.4 Å². The number of nitrogens with one attached hydrogen (secondary N) is 2. The number of amides is 1. The molecule has 0 saturated carbocycles. The van der Waals surface area contributed by atoms with E-state index in [1.54, 1.807) is 12.1 Å². The van der Waals surface area contributed by atoms with Crippen LogP contribution < -0.4 is 15.5 Å². The molecule has 2 N–H and O–H groups in total. The van der Waals surface area contributed by atoms with Gasteiger partial charge in [0.15, 0.2) is 0 Å². The van der Waals surface area contributed by atoms with E-state index in [4.69, 9.17) is 0 Å². The summed E-state index contributed by atoms with van der Waals surface area (Å²) >= 11 is 0. The van der Waals surface area contributed by atoms with Crippen molar-refractivity contribution in [2.45, 2.75) is 23.1 Å². The topological polar surface area (TPSA) is 78.5 Å². The fourth-order valence-electron chi connectivity index (χ4n) is 3.10. The maximum atomic E-state index is 13.5. The lowest BCUT2D eigenvalue weighted by Crippen LogP contribution is -2.28. The van der Waals surface area contributed by atoms with Crippen LogP contribution in [0.2, 0.25) is 0 Å². The Morgan fingerprint density at radius 3 is 2.64 bits per heavy atom. The third-order valence-corrected chi connectivity index (χ3v) is 6.18. The molecule has 1 heterocycles. The van der Waals surface area contributed by atoms with Crippen LogP contribution in [0, 0.1) is 5.82 Å². The lowest BCUT2D eigenvalue weighted by Gasteiger charge is -2.24. The van der Waals surface area contributed by atoms with E-state index in [-0.39, 0.29) is 33.8 Å². The molecular weight excluding hydrogens is 405 g/mol. The van der Waals surface area contributed by atoms with Gasteiger partial charge in [-0.1, -0.05) is 6.07 Å². The Morgan fingerprint density at radius 2 is 1.93 bits per heavy atom. The van der Waals surface area contributed by atoms with Crippen LogP contribution in [0.3, 0.4) is 0 Å². The van der Waals surface area contributed by atoms with E-state index >= 15 is 0 Å². The maximum Gasteiger partial charge on any atom is 0.221 e. The van der Waals surface area contributed by atoms with Crippen LogP contribution in [-0.2, 0) is 14.6 Å². The second-order valence-corrected chi connectivity index (χ2v) is 8.33. The number of halogens is 2. The van der Waals surface area contributed by atoms with Gasteiger partial charge in [-0.25, -0.2) is 12.8 Å². The third kappa shape index (κ3) is 5.01. The van der Waals surface area contributed by atoms with Gasteiger partial charge < -0.3 is 15.5 Å². The van der Waals surface area contributed by atoms with Crippen molar-refractivity contribution in [3.63, 3.8) is 0 Å². The van der Waals surface area contributed by atoms with Crippen molar-refractivity contribution in [3.05, 3.63) is 48.3 Å². The third-order valence-electron chi connectivity index (χ3n) is 4.37. The van der Waals surface area contributed by atoms with E-state index in [2.05, 4.69) is 15.5 Å². The fourth-order valence-corrected chi connectivity index (χ4v) is 4.53. The van der Waals surface area contributed by atoms with E-state index in [1.807, 2.05) is 0 Å². The van der Waals surface area contributed by atoms with Gasteiger partial charge in [-0.15, -0.1) is 12.4 Å². The highest BCUT2D eigenvalue weighted by Gasteiger charge is 2.24. The summed E-state index contributed by atoms with van der Waals surface area (Å²) in [6.45, 7) is 4.71. The van der Waals surface area contributed by atoms with Crippen LogP contribution >= 0.6 is 12.4 Å². The molecule has 9 heteroatoms. The van der Waals surface area contributed by atoms with E-state index in [1.165, 1.54) is 31.2 Å². The molecule has 1 fully saturated rings. The van der Waals surface area contributed by atoms with E-state index in [0.29, 0.717) is 0 Å². The highest BCUT2D eigenvalue weighted by molar-refractivity contribution is 7.91. The van der Waals surface area contributed by atoms with Crippen molar-refractivity contribution in [1.82, 2.24) is 5.32 Å². The molecule has 0 spiro atoms. The Balaban J connectivity index is 0.00000280. The zero-order valence-corrected chi connectivity index (χ0v) is 17.1. The molecule has 152 valence electrons. The summed E-state index contributed by atoms with van der Waals surface area (Å²) in [5.74, 6) is -1.01.